The van der Waals surface area contributed by atoms with Gasteiger partial charge in [-0.1, -0.05) is 18.2 Å². The quantitative estimate of drug-likeness (QED) is 0.542. The number of aromatic nitrogens is 5. The first-order chi connectivity index (χ1) is 13.7. The molecule has 144 valence electrons. The number of nitriles is 1. The maximum atomic E-state index is 11.9. The van der Waals surface area contributed by atoms with Crippen molar-refractivity contribution in [1.29, 1.82) is 5.26 Å². The normalized spacial score (nSPS) is 10.5. The molecule has 0 bridgehead atoms. The molecule has 0 radical (unpaired) electrons. The smallest absolute Gasteiger partial charge is 0.220 e. The van der Waals surface area contributed by atoms with Gasteiger partial charge in [-0.05, 0) is 31.4 Å². The van der Waals surface area contributed by atoms with Gasteiger partial charge in [-0.2, -0.15) is 15.5 Å². The average molecular weight is 378 g/mol. The number of nitrogens with two attached hydrogens (primary N) is 1. The van der Waals surface area contributed by atoms with Crippen LogP contribution in [0.2, 0.25) is 0 Å². The number of para-hydroxylation sites is 1. The van der Waals surface area contributed by atoms with Crippen molar-refractivity contribution in [3.05, 3.63) is 54.2 Å². The van der Waals surface area contributed by atoms with Crippen molar-refractivity contribution in [2.75, 3.05) is 12.3 Å². The zero-order valence-electron chi connectivity index (χ0n) is 15.5. The molecule has 0 aliphatic rings. The SMILES string of the molecule is N#Cc1c(CCCNC(=O)CCCn2cncn2)nn(-c2ccccc2)c1N. The number of anilines is 1. The maximum Gasteiger partial charge on any atom is 0.220 e. The van der Waals surface area contributed by atoms with Gasteiger partial charge in [-0.15, -0.1) is 0 Å². The van der Waals surface area contributed by atoms with Crippen molar-refractivity contribution in [2.45, 2.75) is 32.2 Å². The molecule has 9 heteroatoms. The monoisotopic (exact) mass is 378 g/mol. The van der Waals surface area contributed by atoms with E-state index in [1.165, 1.54) is 6.33 Å². The molecule has 0 unspecified atom stereocenters. The topological polar surface area (TPSA) is 127 Å². The highest BCUT2D eigenvalue weighted by atomic mass is 16.1. The van der Waals surface area contributed by atoms with Crippen LogP contribution in [0.15, 0.2) is 43.0 Å². The number of benzene rings is 1. The molecule has 3 aromatic rings. The summed E-state index contributed by atoms with van der Waals surface area (Å²) in [5, 5.41) is 20.8. The van der Waals surface area contributed by atoms with E-state index in [1.54, 1.807) is 15.7 Å². The fourth-order valence-corrected chi connectivity index (χ4v) is 2.86. The third kappa shape index (κ3) is 4.73. The van der Waals surface area contributed by atoms with Crippen LogP contribution in [0.25, 0.3) is 5.69 Å². The Hall–Kier alpha value is -3.67. The minimum absolute atomic E-state index is 0.00468. The number of aryl methyl sites for hydroxylation is 2. The summed E-state index contributed by atoms with van der Waals surface area (Å²) in [6, 6.07) is 11.6. The van der Waals surface area contributed by atoms with Crippen LogP contribution < -0.4 is 11.1 Å². The van der Waals surface area contributed by atoms with Gasteiger partial charge in [-0.25, -0.2) is 9.67 Å². The molecule has 0 aliphatic heterocycles. The number of rotatable bonds is 9. The largest absolute Gasteiger partial charge is 0.382 e. The molecule has 9 nitrogen and oxygen atoms in total. The van der Waals surface area contributed by atoms with Crippen LogP contribution in [0.5, 0.6) is 0 Å². The van der Waals surface area contributed by atoms with E-state index in [2.05, 4.69) is 26.6 Å². The lowest BCUT2D eigenvalue weighted by Crippen LogP contribution is -2.24. The average Bonchev–Trinajstić information content (AvgIpc) is 3.33. The standard InChI is InChI=1S/C19H22N8O/c20-12-16-17(25-27(19(16)21)15-6-2-1-3-7-15)8-4-10-23-18(28)9-5-11-26-14-22-13-24-26/h1-3,6-7,13-14H,4-5,8-11,21H2,(H,23,28). The molecule has 1 aromatic carbocycles. The molecule has 0 saturated carbocycles. The van der Waals surface area contributed by atoms with Gasteiger partial charge < -0.3 is 11.1 Å². The van der Waals surface area contributed by atoms with E-state index >= 15 is 0 Å². The number of hydrogen-bond donors (Lipinski definition) is 2. The van der Waals surface area contributed by atoms with Gasteiger partial charge in [0.05, 0.1) is 11.4 Å². The molecule has 0 atom stereocenters. The minimum Gasteiger partial charge on any atom is -0.382 e. The minimum atomic E-state index is -0.00468. The van der Waals surface area contributed by atoms with Gasteiger partial charge in [0.15, 0.2) is 0 Å². The summed E-state index contributed by atoms with van der Waals surface area (Å²) in [6.07, 6.45) is 5.47. The molecular weight excluding hydrogens is 356 g/mol. The molecule has 0 saturated heterocycles. The van der Waals surface area contributed by atoms with Gasteiger partial charge in [-0.3, -0.25) is 9.48 Å². The Bertz CT molecular complexity index is 940. The number of nitrogens with one attached hydrogen (secondary N) is 1. The van der Waals surface area contributed by atoms with E-state index in [0.29, 0.717) is 55.8 Å². The second-order valence-electron chi connectivity index (χ2n) is 6.28. The van der Waals surface area contributed by atoms with Crippen LogP contribution in [-0.2, 0) is 17.8 Å². The predicted octanol–water partition coefficient (Wildman–Crippen LogP) is 1.45. The number of nitrogen functional groups attached to an aromatic ring is 1. The first kappa shape index (κ1) is 19.1. The fraction of sp³-hybridized carbons (Fsp3) is 0.316. The molecule has 0 aliphatic carbocycles. The van der Waals surface area contributed by atoms with Crippen molar-refractivity contribution < 1.29 is 4.79 Å². The van der Waals surface area contributed by atoms with Crippen molar-refractivity contribution in [2.24, 2.45) is 0 Å². The van der Waals surface area contributed by atoms with Gasteiger partial charge in [0.2, 0.25) is 5.91 Å². The van der Waals surface area contributed by atoms with Crippen LogP contribution in [0.1, 0.15) is 30.5 Å². The highest BCUT2D eigenvalue weighted by molar-refractivity contribution is 5.75. The van der Waals surface area contributed by atoms with Crippen molar-refractivity contribution in [3.63, 3.8) is 0 Å². The van der Waals surface area contributed by atoms with Crippen LogP contribution in [0, 0.1) is 11.3 Å². The summed E-state index contributed by atoms with van der Waals surface area (Å²) in [6.45, 7) is 1.18. The van der Waals surface area contributed by atoms with Gasteiger partial charge in [0.1, 0.15) is 30.1 Å². The molecule has 0 fully saturated rings. The molecule has 28 heavy (non-hydrogen) atoms. The van der Waals surface area contributed by atoms with Crippen molar-refractivity contribution >= 4 is 11.7 Å². The first-order valence-electron chi connectivity index (χ1n) is 9.11. The van der Waals surface area contributed by atoms with Crippen LogP contribution in [0.4, 0.5) is 5.82 Å². The van der Waals surface area contributed by atoms with E-state index in [9.17, 15) is 10.1 Å². The molecular formula is C19H22N8O. The van der Waals surface area contributed by atoms with Crippen molar-refractivity contribution in [3.8, 4) is 11.8 Å². The molecule has 2 aromatic heterocycles. The lowest BCUT2D eigenvalue weighted by atomic mass is 10.1. The summed E-state index contributed by atoms with van der Waals surface area (Å²) < 4.78 is 3.28. The first-order valence-corrected chi connectivity index (χ1v) is 9.11. The van der Waals surface area contributed by atoms with Gasteiger partial charge in [0.25, 0.3) is 0 Å². The number of nitrogens with zero attached hydrogens (tertiary/aromatic N) is 6. The second-order valence-corrected chi connectivity index (χ2v) is 6.28. The van der Waals surface area contributed by atoms with Crippen LogP contribution in [-0.4, -0.2) is 37.0 Å². The van der Waals surface area contributed by atoms with Gasteiger partial charge >= 0.3 is 0 Å². The fourth-order valence-electron chi connectivity index (χ4n) is 2.86. The van der Waals surface area contributed by atoms with E-state index in [1.807, 2.05) is 30.3 Å². The molecule has 3 N–H and O–H groups in total. The second kappa shape index (κ2) is 9.32. The summed E-state index contributed by atoms with van der Waals surface area (Å²) in [7, 11) is 0. The van der Waals surface area contributed by atoms with E-state index < -0.39 is 0 Å². The van der Waals surface area contributed by atoms with Crippen LogP contribution in [0.3, 0.4) is 0 Å². The number of amides is 1. The zero-order chi connectivity index (χ0) is 19.8. The Balaban J connectivity index is 1.47. The zero-order valence-corrected chi connectivity index (χ0v) is 15.5. The number of hydrogen-bond acceptors (Lipinski definition) is 6. The van der Waals surface area contributed by atoms with Gasteiger partial charge in [0, 0.05) is 19.5 Å². The third-order valence-corrected chi connectivity index (χ3v) is 4.28. The Morgan fingerprint density at radius 1 is 1.25 bits per heavy atom. The summed E-state index contributed by atoms with van der Waals surface area (Å²) in [5.41, 5.74) is 7.93. The number of carbonyl (C=O) groups is 1. The summed E-state index contributed by atoms with van der Waals surface area (Å²) >= 11 is 0. The van der Waals surface area contributed by atoms with E-state index in [0.717, 1.165) is 5.69 Å². The summed E-state index contributed by atoms with van der Waals surface area (Å²) in [4.78, 5) is 15.8. The Kier molecular flexibility index (Phi) is 6.36. The molecule has 0 spiro atoms. The summed E-state index contributed by atoms with van der Waals surface area (Å²) in [5.74, 6) is 0.329. The molecule has 2 heterocycles. The molecule has 3 rings (SSSR count). The van der Waals surface area contributed by atoms with Crippen LogP contribution >= 0.6 is 0 Å². The number of carbonyl (C=O) groups excluding carboxylic acids is 1. The van der Waals surface area contributed by atoms with E-state index in [-0.39, 0.29) is 5.91 Å². The third-order valence-electron chi connectivity index (χ3n) is 4.28. The highest BCUT2D eigenvalue weighted by Crippen LogP contribution is 2.21. The predicted molar refractivity (Wildman–Crippen MR) is 103 cm³/mol. The van der Waals surface area contributed by atoms with Crippen molar-refractivity contribution in [1.82, 2.24) is 29.9 Å². The molecule has 1 amide bonds. The Morgan fingerprint density at radius 2 is 2.07 bits per heavy atom. The lowest BCUT2D eigenvalue weighted by Gasteiger charge is -2.05. The Labute approximate surface area is 162 Å². The maximum absolute atomic E-state index is 11.9. The lowest BCUT2D eigenvalue weighted by molar-refractivity contribution is -0.121. The van der Waals surface area contributed by atoms with E-state index in [4.69, 9.17) is 5.73 Å². The highest BCUT2D eigenvalue weighted by Gasteiger charge is 2.16. The Morgan fingerprint density at radius 3 is 2.79 bits per heavy atom.